The molecule has 38 heavy (non-hydrogen) atoms. The van der Waals surface area contributed by atoms with Crippen LogP contribution in [0.25, 0.3) is 0 Å². The topological polar surface area (TPSA) is 86.6 Å². The van der Waals surface area contributed by atoms with Crippen molar-refractivity contribution in [3.63, 3.8) is 0 Å². The molecular weight excluding hydrogens is 474 g/mol. The molecule has 0 heterocycles. The molecule has 3 fully saturated rings. The molecule has 5 nitrogen and oxygen atoms in total. The van der Waals surface area contributed by atoms with E-state index in [2.05, 4.69) is 52.1 Å². The smallest absolute Gasteiger partial charge is 0.226 e. The number of aliphatic hydroxyl groups is 2. The fourth-order valence-electron chi connectivity index (χ4n) is 9.30. The quantitative estimate of drug-likeness (QED) is 0.394. The summed E-state index contributed by atoms with van der Waals surface area (Å²) in [4.78, 5) is 26.3. The molecule has 0 saturated heterocycles. The first-order chi connectivity index (χ1) is 17.7. The first kappa shape index (κ1) is 27.4. The second-order valence-electron chi connectivity index (χ2n) is 14.4. The van der Waals surface area contributed by atoms with E-state index < -0.39 is 5.41 Å². The molecule has 0 aromatic heterocycles. The van der Waals surface area contributed by atoms with E-state index in [1.54, 1.807) is 6.08 Å². The molecule has 5 heteroatoms. The van der Waals surface area contributed by atoms with Gasteiger partial charge in [-0.05, 0) is 97.7 Å². The Balaban J connectivity index is 1.55. The van der Waals surface area contributed by atoms with Crippen LogP contribution in [0.3, 0.4) is 0 Å². The standard InChI is InChI=1S/C33H47NO4/c1-8-21(19-35)34-28(38)30(4)12-11-29(3)13-15-32(6)25-10-9-22-20(2)27(37)24(36)17-23(22)31(25,5)14-16-33(32,7)26(29)18-30/h9-10,17,21,26,35,37H,8,11-16,18-19H2,1-7H3,(H,34,38)/t21?,26-,29-,30-,31+,32-,33+/m1/s1. The Morgan fingerprint density at radius 3 is 2.39 bits per heavy atom. The van der Waals surface area contributed by atoms with Gasteiger partial charge in [-0.15, -0.1) is 0 Å². The zero-order valence-electron chi connectivity index (χ0n) is 24.5. The zero-order chi connectivity index (χ0) is 27.9. The maximum absolute atomic E-state index is 13.6. The van der Waals surface area contributed by atoms with Crippen molar-refractivity contribution in [1.82, 2.24) is 5.32 Å². The average Bonchev–Trinajstić information content (AvgIpc) is 2.88. The van der Waals surface area contributed by atoms with Crippen LogP contribution in [0.4, 0.5) is 0 Å². The third kappa shape index (κ3) is 3.52. The third-order valence-corrected chi connectivity index (χ3v) is 12.5. The van der Waals surface area contributed by atoms with Gasteiger partial charge >= 0.3 is 0 Å². The zero-order valence-corrected chi connectivity index (χ0v) is 24.5. The lowest BCUT2D eigenvalue weighted by atomic mass is 9.34. The van der Waals surface area contributed by atoms with Crippen LogP contribution in [0.1, 0.15) is 99.8 Å². The Labute approximate surface area is 228 Å². The highest BCUT2D eigenvalue weighted by molar-refractivity contribution is 6.06. The lowest BCUT2D eigenvalue weighted by Crippen LogP contribution is -2.62. The largest absolute Gasteiger partial charge is 0.504 e. The molecule has 0 aromatic carbocycles. The van der Waals surface area contributed by atoms with Crippen LogP contribution in [0.2, 0.25) is 0 Å². The summed E-state index contributed by atoms with van der Waals surface area (Å²) in [5.74, 6) is 0.0754. The third-order valence-electron chi connectivity index (χ3n) is 12.5. The number of fused-ring (bicyclic) bond motifs is 7. The van der Waals surface area contributed by atoms with Crippen molar-refractivity contribution in [2.75, 3.05) is 6.61 Å². The van der Waals surface area contributed by atoms with Crippen molar-refractivity contribution in [2.24, 2.45) is 33.0 Å². The number of nitrogens with one attached hydrogen (secondary N) is 1. The molecule has 5 aliphatic rings. The number of aliphatic hydroxyl groups excluding tert-OH is 2. The molecule has 0 spiro atoms. The van der Waals surface area contributed by atoms with Crippen molar-refractivity contribution in [3.8, 4) is 0 Å². The lowest BCUT2D eigenvalue weighted by Gasteiger charge is -2.70. The first-order valence-corrected chi connectivity index (χ1v) is 14.7. The molecule has 3 saturated carbocycles. The van der Waals surface area contributed by atoms with Gasteiger partial charge in [0.1, 0.15) is 0 Å². The number of amides is 1. The van der Waals surface area contributed by atoms with Crippen LogP contribution in [-0.4, -0.2) is 34.6 Å². The van der Waals surface area contributed by atoms with Gasteiger partial charge in [-0.2, -0.15) is 0 Å². The van der Waals surface area contributed by atoms with Crippen molar-refractivity contribution in [3.05, 3.63) is 46.3 Å². The van der Waals surface area contributed by atoms with Crippen LogP contribution < -0.4 is 5.32 Å². The Kier molecular flexibility index (Phi) is 6.26. The number of hydrogen-bond acceptors (Lipinski definition) is 4. The lowest BCUT2D eigenvalue weighted by molar-refractivity contribution is -0.169. The van der Waals surface area contributed by atoms with E-state index in [0.717, 1.165) is 62.5 Å². The van der Waals surface area contributed by atoms with Gasteiger partial charge in [-0.3, -0.25) is 9.59 Å². The van der Waals surface area contributed by atoms with Gasteiger partial charge in [0.05, 0.1) is 12.6 Å². The summed E-state index contributed by atoms with van der Waals surface area (Å²) in [5.41, 5.74) is 3.64. The number of allylic oxidation sites excluding steroid dienone is 7. The van der Waals surface area contributed by atoms with Crippen LogP contribution >= 0.6 is 0 Å². The highest BCUT2D eigenvalue weighted by atomic mass is 16.3. The summed E-state index contributed by atoms with van der Waals surface area (Å²) in [7, 11) is 0. The van der Waals surface area contributed by atoms with Gasteiger partial charge in [0.15, 0.2) is 5.76 Å². The normalized spacial score (nSPS) is 43.0. The Bertz CT molecular complexity index is 1200. The van der Waals surface area contributed by atoms with E-state index in [1.165, 1.54) is 5.57 Å². The highest BCUT2D eigenvalue weighted by Gasteiger charge is 2.67. The van der Waals surface area contributed by atoms with Crippen molar-refractivity contribution in [2.45, 2.75) is 106 Å². The summed E-state index contributed by atoms with van der Waals surface area (Å²) in [6.45, 7) is 15.7. The maximum atomic E-state index is 13.6. The molecule has 1 amide bonds. The first-order valence-electron chi connectivity index (χ1n) is 14.7. The van der Waals surface area contributed by atoms with Gasteiger partial charge in [0.25, 0.3) is 0 Å². The van der Waals surface area contributed by atoms with E-state index in [4.69, 9.17) is 0 Å². The number of carbonyl (C=O) groups excluding carboxylic acids is 2. The predicted octanol–water partition coefficient (Wildman–Crippen LogP) is 6.50. The Morgan fingerprint density at radius 2 is 1.74 bits per heavy atom. The molecular formula is C33H47NO4. The van der Waals surface area contributed by atoms with Crippen LogP contribution in [0.15, 0.2) is 46.3 Å². The molecule has 0 aliphatic heterocycles. The molecule has 0 radical (unpaired) electrons. The molecule has 5 rings (SSSR count). The number of ketones is 1. The molecule has 0 aromatic rings. The highest BCUT2D eigenvalue weighted by Crippen LogP contribution is 2.75. The Hall–Kier alpha value is -2.14. The van der Waals surface area contributed by atoms with Gasteiger partial charge in [-0.25, -0.2) is 0 Å². The van der Waals surface area contributed by atoms with E-state index in [-0.39, 0.29) is 51.8 Å². The molecule has 208 valence electrons. The fraction of sp³-hybridized carbons (Fsp3) is 0.697. The van der Waals surface area contributed by atoms with Crippen LogP contribution in [0, 0.1) is 33.0 Å². The summed E-state index contributed by atoms with van der Waals surface area (Å²) in [6, 6.07) is -0.188. The van der Waals surface area contributed by atoms with E-state index >= 15 is 0 Å². The summed E-state index contributed by atoms with van der Waals surface area (Å²) >= 11 is 0. The summed E-state index contributed by atoms with van der Waals surface area (Å²) in [6.07, 6.45) is 13.9. The minimum atomic E-state index is -0.444. The minimum absolute atomic E-state index is 0.0199. The van der Waals surface area contributed by atoms with Crippen LogP contribution in [0.5, 0.6) is 0 Å². The fourth-order valence-corrected chi connectivity index (χ4v) is 9.30. The summed E-state index contributed by atoms with van der Waals surface area (Å²) < 4.78 is 0. The number of rotatable bonds is 4. The number of hydrogen-bond donors (Lipinski definition) is 3. The SMILES string of the molecule is CCC(CO)NC(=O)[C@]1(C)CC[C@]2(C)CC[C@]3(C)C4=CC=C5C(=CC(=O)C(O)=C5C)[C@]4(C)CC[C@@]3(C)[C@@H]2C1. The van der Waals surface area contributed by atoms with E-state index in [0.29, 0.717) is 11.5 Å². The Morgan fingerprint density at radius 1 is 1.05 bits per heavy atom. The van der Waals surface area contributed by atoms with Gasteiger partial charge < -0.3 is 15.5 Å². The van der Waals surface area contributed by atoms with Gasteiger partial charge in [0, 0.05) is 16.4 Å². The molecule has 7 atom stereocenters. The summed E-state index contributed by atoms with van der Waals surface area (Å²) in [5, 5.41) is 23.2. The van der Waals surface area contributed by atoms with Gasteiger partial charge in [-0.1, -0.05) is 59.3 Å². The van der Waals surface area contributed by atoms with E-state index in [1.807, 2.05) is 13.8 Å². The average molecular weight is 522 g/mol. The maximum Gasteiger partial charge on any atom is 0.226 e. The van der Waals surface area contributed by atoms with E-state index in [9.17, 15) is 19.8 Å². The molecule has 5 aliphatic carbocycles. The molecule has 1 unspecified atom stereocenters. The predicted molar refractivity (Wildman–Crippen MR) is 150 cm³/mol. The van der Waals surface area contributed by atoms with Gasteiger partial charge in [0.2, 0.25) is 11.7 Å². The second kappa shape index (κ2) is 8.68. The van der Waals surface area contributed by atoms with Crippen molar-refractivity contribution in [1.29, 1.82) is 0 Å². The monoisotopic (exact) mass is 521 g/mol. The van der Waals surface area contributed by atoms with Crippen molar-refractivity contribution >= 4 is 11.7 Å². The number of carbonyl (C=O) groups is 2. The second-order valence-corrected chi connectivity index (χ2v) is 14.4. The molecule has 3 N–H and O–H groups in total. The molecule has 0 bridgehead atoms. The van der Waals surface area contributed by atoms with Crippen LogP contribution in [-0.2, 0) is 9.59 Å². The minimum Gasteiger partial charge on any atom is -0.504 e. The van der Waals surface area contributed by atoms with Crippen molar-refractivity contribution < 1.29 is 19.8 Å².